The summed E-state index contributed by atoms with van der Waals surface area (Å²) in [5.74, 6) is -0.0578. The first-order valence-corrected chi connectivity index (χ1v) is 5.74. The Bertz CT molecular complexity index is 569. The summed E-state index contributed by atoms with van der Waals surface area (Å²) in [7, 11) is 0. The minimum atomic E-state index is -0.545. The summed E-state index contributed by atoms with van der Waals surface area (Å²) in [5, 5.41) is 0.783. The topological polar surface area (TPSA) is 91.2 Å². The van der Waals surface area contributed by atoms with Crippen molar-refractivity contribution in [3.8, 4) is 5.75 Å². The molecule has 1 amide bonds. The van der Waals surface area contributed by atoms with E-state index in [0.717, 1.165) is 17.3 Å². The van der Waals surface area contributed by atoms with Crippen LogP contribution in [0.25, 0.3) is 10.9 Å². The highest BCUT2D eigenvalue weighted by Crippen LogP contribution is 2.28. The molecule has 0 atom stereocenters. The minimum absolute atomic E-state index is 0.297. The van der Waals surface area contributed by atoms with Crippen LogP contribution >= 0.6 is 0 Å². The predicted octanol–water partition coefficient (Wildman–Crippen LogP) is 1.06. The Morgan fingerprint density at radius 1 is 1.33 bits per heavy atom. The van der Waals surface area contributed by atoms with Crippen molar-refractivity contribution in [1.29, 1.82) is 0 Å². The summed E-state index contributed by atoms with van der Waals surface area (Å²) in [6, 6.07) is 7.45. The molecule has 2 aromatic rings. The van der Waals surface area contributed by atoms with Gasteiger partial charge in [0.2, 0.25) is 0 Å². The maximum atomic E-state index is 11.4. The highest BCUT2D eigenvalue weighted by Gasteiger charge is 2.14. The number of para-hydroxylation sites is 1. The molecule has 18 heavy (non-hydrogen) atoms. The maximum Gasteiger partial charge on any atom is 0.254 e. The summed E-state index contributed by atoms with van der Waals surface area (Å²) in [5.41, 5.74) is 11.8. The fraction of sp³-hybridized carbons (Fsp3) is 0.231. The van der Waals surface area contributed by atoms with Crippen LogP contribution in [0.4, 0.5) is 0 Å². The lowest BCUT2D eigenvalue weighted by Crippen LogP contribution is -2.15. The van der Waals surface area contributed by atoms with Crippen LogP contribution in [0.3, 0.4) is 0 Å². The van der Waals surface area contributed by atoms with Gasteiger partial charge >= 0.3 is 0 Å². The van der Waals surface area contributed by atoms with Crippen LogP contribution in [0, 0.1) is 0 Å². The van der Waals surface area contributed by atoms with Gasteiger partial charge in [-0.05, 0) is 25.1 Å². The molecule has 0 bridgehead atoms. The van der Waals surface area contributed by atoms with Gasteiger partial charge in [-0.1, -0.05) is 12.1 Å². The molecule has 0 saturated heterocycles. The Kier molecular flexibility index (Phi) is 3.74. The Morgan fingerprint density at radius 2 is 2.11 bits per heavy atom. The molecule has 2 rings (SSSR count). The predicted molar refractivity (Wildman–Crippen MR) is 69.4 cm³/mol. The van der Waals surface area contributed by atoms with Gasteiger partial charge in [-0.2, -0.15) is 0 Å². The number of pyridine rings is 1. The van der Waals surface area contributed by atoms with Gasteiger partial charge in [0.15, 0.2) is 0 Å². The standard InChI is InChI=1S/C13H15N3O2/c14-6-3-7-18-12-9-4-1-2-5-11(9)16-8-10(12)13(15)17/h1-2,4-5,8H,3,6-7,14H2,(H2,15,17). The number of aromatic nitrogens is 1. The second-order valence-corrected chi connectivity index (χ2v) is 3.87. The molecule has 94 valence electrons. The zero-order chi connectivity index (χ0) is 13.0. The SMILES string of the molecule is NCCCOc1c(C(N)=O)cnc2ccccc12. The van der Waals surface area contributed by atoms with Crippen LogP contribution in [0.2, 0.25) is 0 Å². The average Bonchev–Trinajstić information content (AvgIpc) is 2.38. The van der Waals surface area contributed by atoms with Crippen molar-refractivity contribution < 1.29 is 9.53 Å². The molecule has 0 unspecified atom stereocenters. The van der Waals surface area contributed by atoms with E-state index in [2.05, 4.69) is 4.98 Å². The lowest BCUT2D eigenvalue weighted by atomic mass is 10.1. The van der Waals surface area contributed by atoms with Crippen LogP contribution in [-0.4, -0.2) is 24.0 Å². The average molecular weight is 245 g/mol. The molecule has 0 aliphatic rings. The number of fused-ring (bicyclic) bond motifs is 1. The van der Waals surface area contributed by atoms with Crippen molar-refractivity contribution in [3.05, 3.63) is 36.0 Å². The molecule has 1 aromatic carbocycles. The molecule has 5 heteroatoms. The first-order valence-electron chi connectivity index (χ1n) is 5.74. The molecule has 0 spiro atoms. The van der Waals surface area contributed by atoms with Crippen LogP contribution in [-0.2, 0) is 0 Å². The molecule has 5 nitrogen and oxygen atoms in total. The number of benzene rings is 1. The summed E-state index contributed by atoms with van der Waals surface area (Å²) in [4.78, 5) is 15.6. The van der Waals surface area contributed by atoms with Gasteiger partial charge in [0, 0.05) is 11.6 Å². The monoisotopic (exact) mass is 245 g/mol. The molecule has 1 heterocycles. The summed E-state index contributed by atoms with van der Waals surface area (Å²) in [6.45, 7) is 0.986. The molecular weight excluding hydrogens is 230 g/mol. The van der Waals surface area contributed by atoms with E-state index in [1.807, 2.05) is 24.3 Å². The summed E-state index contributed by atoms with van der Waals surface area (Å²) < 4.78 is 5.63. The number of nitrogens with zero attached hydrogens (tertiary/aromatic N) is 1. The van der Waals surface area contributed by atoms with E-state index in [1.165, 1.54) is 6.20 Å². The highest BCUT2D eigenvalue weighted by atomic mass is 16.5. The quantitative estimate of drug-likeness (QED) is 0.770. The lowest BCUT2D eigenvalue weighted by Gasteiger charge is -2.11. The Morgan fingerprint density at radius 3 is 2.83 bits per heavy atom. The van der Waals surface area contributed by atoms with Crippen LogP contribution < -0.4 is 16.2 Å². The van der Waals surface area contributed by atoms with Crippen LogP contribution in [0.5, 0.6) is 5.75 Å². The van der Waals surface area contributed by atoms with Gasteiger partial charge in [0.1, 0.15) is 11.3 Å². The van der Waals surface area contributed by atoms with Crippen molar-refractivity contribution in [2.24, 2.45) is 11.5 Å². The molecule has 0 aliphatic heterocycles. The third-order valence-corrected chi connectivity index (χ3v) is 2.59. The van der Waals surface area contributed by atoms with Gasteiger partial charge in [0.05, 0.1) is 12.1 Å². The number of rotatable bonds is 5. The fourth-order valence-electron chi connectivity index (χ4n) is 1.70. The third-order valence-electron chi connectivity index (χ3n) is 2.59. The zero-order valence-corrected chi connectivity index (χ0v) is 9.93. The van der Waals surface area contributed by atoms with Gasteiger partial charge in [-0.15, -0.1) is 0 Å². The van der Waals surface area contributed by atoms with E-state index >= 15 is 0 Å². The van der Waals surface area contributed by atoms with E-state index < -0.39 is 5.91 Å². The van der Waals surface area contributed by atoms with Crippen molar-refractivity contribution in [1.82, 2.24) is 4.98 Å². The van der Waals surface area contributed by atoms with Gasteiger partial charge < -0.3 is 16.2 Å². The van der Waals surface area contributed by atoms with Gasteiger partial charge in [-0.3, -0.25) is 9.78 Å². The Hall–Kier alpha value is -2.14. The van der Waals surface area contributed by atoms with Crippen molar-refractivity contribution in [2.75, 3.05) is 13.2 Å². The van der Waals surface area contributed by atoms with Gasteiger partial charge in [0.25, 0.3) is 5.91 Å². The van der Waals surface area contributed by atoms with E-state index in [9.17, 15) is 4.79 Å². The first kappa shape index (κ1) is 12.3. The normalized spacial score (nSPS) is 10.5. The second kappa shape index (κ2) is 5.46. The van der Waals surface area contributed by atoms with Crippen LogP contribution in [0.1, 0.15) is 16.8 Å². The molecular formula is C13H15N3O2. The van der Waals surface area contributed by atoms with Crippen molar-refractivity contribution in [3.63, 3.8) is 0 Å². The fourth-order valence-corrected chi connectivity index (χ4v) is 1.70. The Labute approximate surface area is 105 Å². The molecule has 0 aliphatic carbocycles. The van der Waals surface area contributed by atoms with Crippen molar-refractivity contribution >= 4 is 16.8 Å². The van der Waals surface area contributed by atoms with Crippen LogP contribution in [0.15, 0.2) is 30.5 Å². The molecule has 0 radical (unpaired) electrons. The number of hydrogen-bond donors (Lipinski definition) is 2. The molecule has 0 saturated carbocycles. The number of carbonyl (C=O) groups is 1. The number of amides is 1. The second-order valence-electron chi connectivity index (χ2n) is 3.87. The molecule has 4 N–H and O–H groups in total. The third kappa shape index (κ3) is 2.41. The number of nitrogens with two attached hydrogens (primary N) is 2. The van der Waals surface area contributed by atoms with Gasteiger partial charge in [-0.25, -0.2) is 0 Å². The van der Waals surface area contributed by atoms with E-state index in [1.54, 1.807) is 0 Å². The number of ether oxygens (including phenoxy) is 1. The minimum Gasteiger partial charge on any atom is -0.492 e. The summed E-state index contributed by atoms with van der Waals surface area (Å²) >= 11 is 0. The molecule has 1 aromatic heterocycles. The smallest absolute Gasteiger partial charge is 0.254 e. The van der Waals surface area contributed by atoms with E-state index in [0.29, 0.717) is 24.5 Å². The van der Waals surface area contributed by atoms with E-state index in [-0.39, 0.29) is 0 Å². The number of primary amides is 1. The highest BCUT2D eigenvalue weighted by molar-refractivity contribution is 6.01. The zero-order valence-electron chi connectivity index (χ0n) is 9.93. The first-order chi connectivity index (χ1) is 8.74. The lowest BCUT2D eigenvalue weighted by molar-refractivity contribution is 0.0996. The number of hydrogen-bond acceptors (Lipinski definition) is 4. The van der Waals surface area contributed by atoms with E-state index in [4.69, 9.17) is 16.2 Å². The summed E-state index contributed by atoms with van der Waals surface area (Å²) in [6.07, 6.45) is 2.16. The Balaban J connectivity index is 2.48. The molecule has 0 fully saturated rings. The largest absolute Gasteiger partial charge is 0.492 e. The number of carbonyl (C=O) groups excluding carboxylic acids is 1. The van der Waals surface area contributed by atoms with Crippen molar-refractivity contribution in [2.45, 2.75) is 6.42 Å². The maximum absolute atomic E-state index is 11.4.